The van der Waals surface area contributed by atoms with Gasteiger partial charge in [0.15, 0.2) is 0 Å². The number of rotatable bonds is 3. The molecule has 1 heterocycles. The fourth-order valence-electron chi connectivity index (χ4n) is 2.44. The third-order valence-electron chi connectivity index (χ3n) is 3.36. The lowest BCUT2D eigenvalue weighted by atomic mass is 10.1. The third kappa shape index (κ3) is 3.18. The molecule has 1 aliphatic heterocycles. The zero-order valence-electron chi connectivity index (χ0n) is 11.3. The minimum absolute atomic E-state index is 0.0153. The molecule has 0 amide bonds. The molecule has 5 heteroatoms. The van der Waals surface area contributed by atoms with Crippen LogP contribution in [0.2, 0.25) is 0 Å². The van der Waals surface area contributed by atoms with Crippen molar-refractivity contribution in [2.45, 2.75) is 32.2 Å². The Balaban J connectivity index is 2.19. The van der Waals surface area contributed by atoms with Crippen LogP contribution in [0.3, 0.4) is 0 Å². The third-order valence-corrected chi connectivity index (χ3v) is 3.36. The Hall–Kier alpha value is -1.30. The van der Waals surface area contributed by atoms with Crippen LogP contribution in [0.5, 0.6) is 5.75 Å². The van der Waals surface area contributed by atoms with Crippen LogP contribution >= 0.6 is 0 Å². The predicted octanol–water partition coefficient (Wildman–Crippen LogP) is 1.03. The van der Waals surface area contributed by atoms with Crippen molar-refractivity contribution >= 4 is 5.69 Å². The molecular weight excluding hydrogens is 246 g/mol. The Bertz CT molecular complexity index is 435. The summed E-state index contributed by atoms with van der Waals surface area (Å²) < 4.78 is 5.59. The fraction of sp³-hybridized carbons (Fsp3) is 0.571. The molecular formula is C14H21NO4. The van der Waals surface area contributed by atoms with Gasteiger partial charge in [0.25, 0.3) is 0 Å². The second-order valence-corrected chi connectivity index (χ2v) is 5.08. The number of anilines is 1. The Morgan fingerprint density at radius 2 is 2.16 bits per heavy atom. The van der Waals surface area contributed by atoms with Crippen molar-refractivity contribution in [2.75, 3.05) is 24.6 Å². The van der Waals surface area contributed by atoms with Crippen molar-refractivity contribution in [3.05, 3.63) is 23.8 Å². The number of phenolic OH excluding ortho intramolecular Hbond substituents is 1. The van der Waals surface area contributed by atoms with Gasteiger partial charge in [-0.05, 0) is 19.9 Å². The maximum absolute atomic E-state index is 9.91. The molecule has 0 radical (unpaired) electrons. The van der Waals surface area contributed by atoms with Crippen LogP contribution in [-0.4, -0.2) is 47.2 Å². The Morgan fingerprint density at radius 3 is 2.74 bits per heavy atom. The monoisotopic (exact) mass is 267 g/mol. The SMILES string of the molecule is CC1CN(c2ccc(C(C)O)c(O)c2)CC(CO)O1. The highest BCUT2D eigenvalue weighted by atomic mass is 16.5. The van der Waals surface area contributed by atoms with Crippen molar-refractivity contribution in [1.29, 1.82) is 0 Å². The lowest BCUT2D eigenvalue weighted by Crippen LogP contribution is -2.48. The molecule has 19 heavy (non-hydrogen) atoms. The lowest BCUT2D eigenvalue weighted by molar-refractivity contribution is -0.0421. The van der Waals surface area contributed by atoms with Crippen molar-refractivity contribution < 1.29 is 20.1 Å². The van der Waals surface area contributed by atoms with Crippen LogP contribution in [0, 0.1) is 0 Å². The molecule has 3 unspecified atom stereocenters. The number of nitrogens with zero attached hydrogens (tertiary/aromatic N) is 1. The van der Waals surface area contributed by atoms with Gasteiger partial charge in [0, 0.05) is 30.4 Å². The zero-order valence-corrected chi connectivity index (χ0v) is 11.3. The molecule has 1 aromatic carbocycles. The highest BCUT2D eigenvalue weighted by Crippen LogP contribution is 2.30. The quantitative estimate of drug-likeness (QED) is 0.763. The first-order chi connectivity index (χ1) is 9.01. The van der Waals surface area contributed by atoms with Gasteiger partial charge in [-0.2, -0.15) is 0 Å². The van der Waals surface area contributed by atoms with Crippen LogP contribution in [-0.2, 0) is 4.74 Å². The van der Waals surface area contributed by atoms with E-state index in [1.54, 1.807) is 19.1 Å². The summed E-state index contributed by atoms with van der Waals surface area (Å²) in [6, 6.07) is 5.24. The van der Waals surface area contributed by atoms with Crippen LogP contribution in [0.15, 0.2) is 18.2 Å². The van der Waals surface area contributed by atoms with E-state index in [2.05, 4.69) is 4.90 Å². The van der Waals surface area contributed by atoms with Crippen LogP contribution in [0.4, 0.5) is 5.69 Å². The molecule has 1 fully saturated rings. The average molecular weight is 267 g/mol. The van der Waals surface area contributed by atoms with Crippen molar-refractivity contribution in [2.24, 2.45) is 0 Å². The van der Waals surface area contributed by atoms with Gasteiger partial charge in [-0.3, -0.25) is 0 Å². The van der Waals surface area contributed by atoms with E-state index in [1.807, 2.05) is 13.0 Å². The second kappa shape index (κ2) is 5.77. The molecule has 0 spiro atoms. The topological polar surface area (TPSA) is 73.2 Å². The molecule has 0 saturated carbocycles. The highest BCUT2D eigenvalue weighted by molar-refractivity contribution is 5.54. The summed E-state index contributed by atoms with van der Waals surface area (Å²) >= 11 is 0. The van der Waals surface area contributed by atoms with E-state index >= 15 is 0 Å². The first-order valence-corrected chi connectivity index (χ1v) is 6.53. The first-order valence-electron chi connectivity index (χ1n) is 6.53. The van der Waals surface area contributed by atoms with E-state index in [0.29, 0.717) is 18.7 Å². The second-order valence-electron chi connectivity index (χ2n) is 5.08. The summed E-state index contributed by atoms with van der Waals surface area (Å²) in [5, 5.41) is 28.6. The summed E-state index contributed by atoms with van der Waals surface area (Å²) in [6.07, 6.45) is -0.866. The number of ether oxygens (including phenoxy) is 1. The first kappa shape index (κ1) is 14.1. The highest BCUT2D eigenvalue weighted by Gasteiger charge is 2.25. The number of hydrogen-bond acceptors (Lipinski definition) is 5. The number of aliphatic hydroxyl groups is 2. The van der Waals surface area contributed by atoms with Gasteiger partial charge in [-0.1, -0.05) is 6.07 Å². The van der Waals surface area contributed by atoms with Gasteiger partial charge in [-0.25, -0.2) is 0 Å². The average Bonchev–Trinajstić information content (AvgIpc) is 2.37. The molecule has 0 bridgehead atoms. The van der Waals surface area contributed by atoms with Crippen LogP contribution < -0.4 is 4.90 Å². The van der Waals surface area contributed by atoms with Crippen molar-refractivity contribution in [3.63, 3.8) is 0 Å². The molecule has 1 saturated heterocycles. The van der Waals surface area contributed by atoms with Crippen LogP contribution in [0.25, 0.3) is 0 Å². The molecule has 2 rings (SSSR count). The van der Waals surface area contributed by atoms with Gasteiger partial charge >= 0.3 is 0 Å². The van der Waals surface area contributed by atoms with E-state index in [-0.39, 0.29) is 24.6 Å². The molecule has 0 aliphatic carbocycles. The van der Waals surface area contributed by atoms with Crippen molar-refractivity contribution in [1.82, 2.24) is 0 Å². The Kier molecular flexibility index (Phi) is 4.29. The van der Waals surface area contributed by atoms with Gasteiger partial charge in [0.05, 0.1) is 24.9 Å². The molecule has 5 nitrogen and oxygen atoms in total. The maximum Gasteiger partial charge on any atom is 0.123 e. The number of aromatic hydroxyl groups is 1. The van der Waals surface area contributed by atoms with E-state index in [9.17, 15) is 15.3 Å². The number of benzene rings is 1. The molecule has 1 aromatic rings. The van der Waals surface area contributed by atoms with E-state index in [1.165, 1.54) is 0 Å². The lowest BCUT2D eigenvalue weighted by Gasteiger charge is -2.37. The largest absolute Gasteiger partial charge is 0.507 e. The summed E-state index contributed by atoms with van der Waals surface area (Å²) in [5.41, 5.74) is 1.39. The van der Waals surface area contributed by atoms with Gasteiger partial charge in [-0.15, -0.1) is 0 Å². The summed E-state index contributed by atoms with van der Waals surface area (Å²) in [5.74, 6) is 0.0900. The van der Waals surface area contributed by atoms with Crippen molar-refractivity contribution in [3.8, 4) is 5.75 Å². The van der Waals surface area contributed by atoms with Gasteiger partial charge in [0.2, 0.25) is 0 Å². The van der Waals surface area contributed by atoms with Gasteiger partial charge < -0.3 is 25.0 Å². The molecule has 0 aromatic heterocycles. The standard InChI is InChI=1S/C14H21NO4/c1-9-6-15(7-12(8-16)19-9)11-3-4-13(10(2)17)14(18)5-11/h3-5,9-10,12,16-18H,6-8H2,1-2H3. The fourth-order valence-corrected chi connectivity index (χ4v) is 2.44. The minimum Gasteiger partial charge on any atom is -0.507 e. The van der Waals surface area contributed by atoms with E-state index in [4.69, 9.17) is 4.74 Å². The van der Waals surface area contributed by atoms with Crippen LogP contribution in [0.1, 0.15) is 25.5 Å². The minimum atomic E-state index is -0.692. The van der Waals surface area contributed by atoms with Gasteiger partial charge in [0.1, 0.15) is 5.75 Å². The smallest absolute Gasteiger partial charge is 0.123 e. The number of aliphatic hydroxyl groups excluding tert-OH is 2. The molecule has 106 valence electrons. The van der Waals surface area contributed by atoms with E-state index < -0.39 is 6.10 Å². The van der Waals surface area contributed by atoms with E-state index in [0.717, 1.165) is 5.69 Å². The summed E-state index contributed by atoms with van der Waals surface area (Å²) in [4.78, 5) is 2.07. The normalized spacial score (nSPS) is 25.4. The maximum atomic E-state index is 9.91. The number of hydrogen-bond donors (Lipinski definition) is 3. The molecule has 3 N–H and O–H groups in total. The molecule has 1 aliphatic rings. The Morgan fingerprint density at radius 1 is 1.42 bits per heavy atom. The predicted molar refractivity (Wildman–Crippen MR) is 72.4 cm³/mol. The summed E-state index contributed by atoms with van der Waals surface area (Å²) in [7, 11) is 0. The number of phenols is 1. The Labute approximate surface area is 113 Å². The summed E-state index contributed by atoms with van der Waals surface area (Å²) in [6.45, 7) is 4.86. The number of morpholine rings is 1. The molecule has 3 atom stereocenters. The zero-order chi connectivity index (χ0) is 14.0.